The van der Waals surface area contributed by atoms with Crippen LogP contribution in [0.15, 0.2) is 90.5 Å². The SMILES string of the molecule is COc1cc(C(=O)C(=O)N2Cc3ccccc3C[C@H]2C(=O)N2CCN(C(C3=CC=CCC3)c3ccccc3)CC2)cc(OC)c1OC. The number of ketones is 1. The van der Waals surface area contributed by atoms with Gasteiger partial charge < -0.3 is 24.0 Å². The number of benzene rings is 3. The van der Waals surface area contributed by atoms with Crippen molar-refractivity contribution >= 4 is 17.6 Å². The van der Waals surface area contributed by atoms with Crippen molar-refractivity contribution in [3.05, 3.63) is 113 Å². The zero-order chi connectivity index (χ0) is 32.9. The third-order valence-corrected chi connectivity index (χ3v) is 9.42. The zero-order valence-corrected chi connectivity index (χ0v) is 27.2. The molecule has 9 heteroatoms. The molecule has 2 heterocycles. The van der Waals surface area contributed by atoms with E-state index in [4.69, 9.17) is 14.2 Å². The van der Waals surface area contributed by atoms with Gasteiger partial charge in [0.2, 0.25) is 11.7 Å². The van der Waals surface area contributed by atoms with E-state index in [0.717, 1.165) is 24.0 Å². The third kappa shape index (κ3) is 6.53. The molecule has 0 spiro atoms. The van der Waals surface area contributed by atoms with Gasteiger partial charge in [0.05, 0.1) is 27.4 Å². The topological polar surface area (TPSA) is 88.6 Å². The van der Waals surface area contributed by atoms with Gasteiger partial charge in [-0.2, -0.15) is 0 Å². The van der Waals surface area contributed by atoms with Crippen LogP contribution in [0, 0.1) is 0 Å². The monoisotopic (exact) mass is 635 g/mol. The molecule has 0 bridgehead atoms. The van der Waals surface area contributed by atoms with Gasteiger partial charge in [-0.25, -0.2) is 0 Å². The number of hydrogen-bond acceptors (Lipinski definition) is 7. The van der Waals surface area contributed by atoms with E-state index in [9.17, 15) is 14.4 Å². The number of amides is 2. The van der Waals surface area contributed by atoms with Crippen molar-refractivity contribution in [1.82, 2.24) is 14.7 Å². The quantitative estimate of drug-likeness (QED) is 0.241. The first kappa shape index (κ1) is 32.1. The highest BCUT2D eigenvalue weighted by molar-refractivity contribution is 6.43. The second-order valence-electron chi connectivity index (χ2n) is 12.0. The second kappa shape index (κ2) is 14.3. The molecule has 0 aromatic heterocycles. The molecule has 47 heavy (non-hydrogen) atoms. The average molecular weight is 636 g/mol. The van der Waals surface area contributed by atoms with E-state index in [1.165, 1.54) is 49.5 Å². The van der Waals surface area contributed by atoms with E-state index in [-0.39, 0.29) is 35.6 Å². The largest absolute Gasteiger partial charge is 0.493 e. The maximum absolute atomic E-state index is 14.3. The van der Waals surface area contributed by atoms with Crippen LogP contribution >= 0.6 is 0 Å². The van der Waals surface area contributed by atoms with Gasteiger partial charge in [-0.05, 0) is 47.2 Å². The van der Waals surface area contributed by atoms with Crippen molar-refractivity contribution in [2.24, 2.45) is 0 Å². The maximum atomic E-state index is 14.3. The van der Waals surface area contributed by atoms with Crippen molar-refractivity contribution in [2.75, 3.05) is 47.5 Å². The van der Waals surface area contributed by atoms with Gasteiger partial charge in [0.15, 0.2) is 11.5 Å². The van der Waals surface area contributed by atoms with Gasteiger partial charge in [-0.15, -0.1) is 0 Å². The summed E-state index contributed by atoms with van der Waals surface area (Å²) in [5, 5.41) is 0. The number of allylic oxidation sites excluding steroid dienone is 3. The van der Waals surface area contributed by atoms with Crippen LogP contribution < -0.4 is 14.2 Å². The Hall–Kier alpha value is -4.89. The molecule has 244 valence electrons. The van der Waals surface area contributed by atoms with E-state index in [2.05, 4.69) is 47.4 Å². The molecule has 3 aromatic carbocycles. The Morgan fingerprint density at radius 2 is 1.47 bits per heavy atom. The van der Waals surface area contributed by atoms with Crippen molar-refractivity contribution in [2.45, 2.75) is 37.9 Å². The van der Waals surface area contributed by atoms with Gasteiger partial charge in [0, 0.05) is 44.7 Å². The average Bonchev–Trinajstić information content (AvgIpc) is 3.14. The van der Waals surface area contributed by atoms with Crippen LogP contribution in [0.3, 0.4) is 0 Å². The summed E-state index contributed by atoms with van der Waals surface area (Å²) in [6.07, 6.45) is 8.94. The van der Waals surface area contributed by atoms with Crippen molar-refractivity contribution in [1.29, 1.82) is 0 Å². The number of carbonyl (C=O) groups is 3. The van der Waals surface area contributed by atoms with Gasteiger partial charge in [-0.1, -0.05) is 72.8 Å². The molecule has 1 fully saturated rings. The highest BCUT2D eigenvalue weighted by Gasteiger charge is 2.41. The summed E-state index contributed by atoms with van der Waals surface area (Å²) >= 11 is 0. The molecule has 0 radical (unpaired) electrons. The van der Waals surface area contributed by atoms with E-state index < -0.39 is 17.7 Å². The van der Waals surface area contributed by atoms with Crippen molar-refractivity contribution in [3.63, 3.8) is 0 Å². The minimum absolute atomic E-state index is 0.0991. The number of carbonyl (C=O) groups excluding carboxylic acids is 3. The van der Waals surface area contributed by atoms with Crippen LogP contribution in [0.1, 0.15) is 45.9 Å². The standard InChI is InChI=1S/C38H41N3O6/c1-45-32-23-30(24-33(46-2)36(32)47-3)35(42)38(44)41-25-29-17-11-10-16-28(29)22-31(41)37(43)40-20-18-39(19-21-40)34(26-12-6-4-7-13-26)27-14-8-5-9-15-27/h4-8,10-14,16-17,23-24,31,34H,9,15,18-22,25H2,1-3H3/t31-,34?/m0/s1. The molecule has 2 aliphatic heterocycles. The van der Waals surface area contributed by atoms with Gasteiger partial charge >= 0.3 is 0 Å². The highest BCUT2D eigenvalue weighted by Crippen LogP contribution is 2.39. The lowest BCUT2D eigenvalue weighted by Gasteiger charge is -2.43. The first-order valence-electron chi connectivity index (χ1n) is 16.1. The number of nitrogens with zero attached hydrogens (tertiary/aromatic N) is 3. The van der Waals surface area contributed by atoms with Crippen LogP contribution in [0.5, 0.6) is 17.2 Å². The fraction of sp³-hybridized carbons (Fsp3) is 0.342. The lowest BCUT2D eigenvalue weighted by atomic mass is 9.90. The smallest absolute Gasteiger partial charge is 0.295 e. The summed E-state index contributed by atoms with van der Waals surface area (Å²) < 4.78 is 16.2. The summed E-state index contributed by atoms with van der Waals surface area (Å²) in [6.45, 7) is 2.64. The molecule has 0 N–H and O–H groups in total. The minimum atomic E-state index is -0.800. The number of fused-ring (bicyclic) bond motifs is 1. The first-order chi connectivity index (χ1) is 22.9. The zero-order valence-electron chi connectivity index (χ0n) is 27.2. The number of piperazine rings is 1. The maximum Gasteiger partial charge on any atom is 0.295 e. The number of ether oxygens (including phenoxy) is 3. The van der Waals surface area contributed by atoms with E-state index >= 15 is 0 Å². The molecule has 1 saturated heterocycles. The third-order valence-electron chi connectivity index (χ3n) is 9.42. The second-order valence-corrected chi connectivity index (χ2v) is 12.0. The molecule has 9 nitrogen and oxygen atoms in total. The van der Waals surface area contributed by atoms with Crippen LogP contribution in [0.25, 0.3) is 0 Å². The predicted octanol–water partition coefficient (Wildman–Crippen LogP) is 5.01. The van der Waals surface area contributed by atoms with Gasteiger partial charge in [0.25, 0.3) is 11.7 Å². The Kier molecular flexibility index (Phi) is 9.73. The predicted molar refractivity (Wildman–Crippen MR) is 179 cm³/mol. The molecular formula is C38H41N3O6. The fourth-order valence-electron chi connectivity index (χ4n) is 6.98. The first-order valence-corrected chi connectivity index (χ1v) is 16.1. The molecule has 1 unspecified atom stereocenters. The van der Waals surface area contributed by atoms with E-state index in [0.29, 0.717) is 38.3 Å². The summed E-state index contributed by atoms with van der Waals surface area (Å²) in [4.78, 5) is 47.8. The Morgan fingerprint density at radius 3 is 2.09 bits per heavy atom. The fourth-order valence-corrected chi connectivity index (χ4v) is 6.98. The Balaban J connectivity index is 1.23. The lowest BCUT2D eigenvalue weighted by Crippen LogP contribution is -2.58. The van der Waals surface area contributed by atoms with Gasteiger partial charge in [0.1, 0.15) is 6.04 Å². The van der Waals surface area contributed by atoms with E-state index in [1.807, 2.05) is 35.2 Å². The molecule has 6 rings (SSSR count). The molecule has 3 aromatic rings. The summed E-state index contributed by atoms with van der Waals surface area (Å²) in [7, 11) is 4.38. The number of hydrogen-bond donors (Lipinski definition) is 0. The highest BCUT2D eigenvalue weighted by atomic mass is 16.5. The minimum Gasteiger partial charge on any atom is -0.493 e. The van der Waals surface area contributed by atoms with Crippen LogP contribution in [0.2, 0.25) is 0 Å². The van der Waals surface area contributed by atoms with Crippen LogP contribution in [-0.4, -0.2) is 85.8 Å². The number of methoxy groups -OCH3 is 3. The lowest BCUT2D eigenvalue weighted by molar-refractivity contribution is -0.146. The number of rotatable bonds is 9. The Morgan fingerprint density at radius 1 is 0.809 bits per heavy atom. The molecular weight excluding hydrogens is 594 g/mol. The van der Waals surface area contributed by atoms with Crippen LogP contribution in [0.4, 0.5) is 0 Å². The van der Waals surface area contributed by atoms with Crippen molar-refractivity contribution < 1.29 is 28.6 Å². The molecule has 1 aliphatic carbocycles. The summed E-state index contributed by atoms with van der Waals surface area (Å²) in [5.74, 6) is -0.762. The normalized spacial score (nSPS) is 18.5. The summed E-state index contributed by atoms with van der Waals surface area (Å²) in [5.41, 5.74) is 4.66. The Bertz CT molecular complexity index is 1670. The Labute approximate surface area is 276 Å². The van der Waals surface area contributed by atoms with Gasteiger partial charge in [-0.3, -0.25) is 19.3 Å². The summed E-state index contributed by atoms with van der Waals surface area (Å²) in [6, 6.07) is 20.6. The molecule has 2 atom stereocenters. The molecule has 3 aliphatic rings. The van der Waals surface area contributed by atoms with Crippen LogP contribution in [-0.2, 0) is 22.6 Å². The van der Waals surface area contributed by atoms with E-state index in [1.54, 1.807) is 0 Å². The number of Topliss-reactive ketones (excluding diaryl/α,β-unsaturated/α-hetero) is 1. The van der Waals surface area contributed by atoms with Crippen molar-refractivity contribution in [3.8, 4) is 17.2 Å². The molecule has 0 saturated carbocycles. The molecule has 2 amide bonds.